The molecule has 1 unspecified atom stereocenters. The number of halogens is 1. The molecule has 1 atom stereocenters. The summed E-state index contributed by atoms with van der Waals surface area (Å²) in [4.78, 5) is 21.5. The maximum atomic E-state index is 11.0. The van der Waals surface area contributed by atoms with Crippen LogP contribution in [-0.4, -0.2) is 19.4 Å². The Labute approximate surface area is 107 Å². The molecular formula is C12H11BrO4. The molecule has 1 aliphatic heterocycles. The van der Waals surface area contributed by atoms with Gasteiger partial charge in [-0.3, -0.25) is 4.79 Å². The number of hydrogen-bond donors (Lipinski definition) is 0. The fourth-order valence-electron chi connectivity index (χ4n) is 1.83. The third-order valence-corrected chi connectivity index (χ3v) is 3.41. The van der Waals surface area contributed by atoms with Gasteiger partial charge in [0.2, 0.25) is 6.79 Å². The second-order valence-electron chi connectivity index (χ2n) is 3.85. The molecule has 4 nitrogen and oxygen atoms in total. The van der Waals surface area contributed by atoms with E-state index < -0.39 is 0 Å². The minimum Gasteiger partial charge on any atom is -0.453 e. The summed E-state index contributed by atoms with van der Waals surface area (Å²) in [6.07, 6.45) is 2.00. The highest BCUT2D eigenvalue weighted by atomic mass is 79.9. The van der Waals surface area contributed by atoms with Crippen molar-refractivity contribution in [1.82, 2.24) is 0 Å². The summed E-state index contributed by atoms with van der Waals surface area (Å²) in [6, 6.07) is 1.81. The molecule has 5 heteroatoms. The van der Waals surface area contributed by atoms with Crippen molar-refractivity contribution in [2.75, 3.05) is 6.79 Å². The Kier molecular flexibility index (Phi) is 3.47. The third-order valence-electron chi connectivity index (χ3n) is 2.76. The van der Waals surface area contributed by atoms with Crippen LogP contribution in [0.2, 0.25) is 0 Å². The maximum absolute atomic E-state index is 11.0. The Morgan fingerprint density at radius 2 is 2.12 bits per heavy atom. The molecule has 0 N–H and O–H groups in total. The topological polar surface area (TPSA) is 52.6 Å². The highest BCUT2D eigenvalue weighted by Crippen LogP contribution is 2.45. The van der Waals surface area contributed by atoms with Crippen molar-refractivity contribution in [3.63, 3.8) is 0 Å². The van der Waals surface area contributed by atoms with Crippen LogP contribution in [0.15, 0.2) is 10.5 Å². The van der Waals surface area contributed by atoms with Gasteiger partial charge in [0.05, 0.1) is 5.56 Å². The van der Waals surface area contributed by atoms with E-state index in [1.54, 1.807) is 0 Å². The number of ether oxygens (including phenoxy) is 2. The number of fused-ring (bicyclic) bond motifs is 1. The van der Waals surface area contributed by atoms with Crippen LogP contribution in [0, 0.1) is 0 Å². The van der Waals surface area contributed by atoms with Crippen molar-refractivity contribution >= 4 is 28.5 Å². The van der Waals surface area contributed by atoms with Crippen LogP contribution < -0.4 is 9.47 Å². The highest BCUT2D eigenvalue weighted by molar-refractivity contribution is 9.10. The average molecular weight is 299 g/mol. The predicted molar refractivity (Wildman–Crippen MR) is 64.7 cm³/mol. The van der Waals surface area contributed by atoms with Gasteiger partial charge in [-0.15, -0.1) is 0 Å². The molecule has 0 aromatic heterocycles. The number of rotatable bonds is 4. The van der Waals surface area contributed by atoms with Gasteiger partial charge in [0.25, 0.3) is 0 Å². The second kappa shape index (κ2) is 4.87. The van der Waals surface area contributed by atoms with Gasteiger partial charge in [-0.2, -0.15) is 0 Å². The molecule has 0 radical (unpaired) electrons. The molecule has 0 amide bonds. The quantitative estimate of drug-likeness (QED) is 0.802. The molecule has 0 bridgehead atoms. The SMILES string of the molecule is CC(CC=O)c1cc(Br)c(C=O)c2c1OCO2. The van der Waals surface area contributed by atoms with Crippen molar-refractivity contribution in [3.8, 4) is 11.5 Å². The zero-order valence-corrected chi connectivity index (χ0v) is 10.8. The highest BCUT2D eigenvalue weighted by Gasteiger charge is 2.26. The van der Waals surface area contributed by atoms with E-state index in [4.69, 9.17) is 9.47 Å². The van der Waals surface area contributed by atoms with Gasteiger partial charge in [-0.05, 0) is 27.9 Å². The minimum atomic E-state index is 0.0277. The van der Waals surface area contributed by atoms with E-state index in [-0.39, 0.29) is 12.7 Å². The molecule has 1 aliphatic rings. The Bertz CT molecular complexity index is 470. The Morgan fingerprint density at radius 1 is 1.41 bits per heavy atom. The summed E-state index contributed by atoms with van der Waals surface area (Å²) in [6.45, 7) is 2.03. The van der Waals surface area contributed by atoms with Crippen LogP contribution in [0.25, 0.3) is 0 Å². The van der Waals surface area contributed by atoms with Crippen LogP contribution in [0.4, 0.5) is 0 Å². The van der Waals surface area contributed by atoms with Gasteiger partial charge < -0.3 is 14.3 Å². The first-order valence-electron chi connectivity index (χ1n) is 5.19. The van der Waals surface area contributed by atoms with Gasteiger partial charge in [-0.1, -0.05) is 6.92 Å². The molecule has 17 heavy (non-hydrogen) atoms. The van der Waals surface area contributed by atoms with Crippen LogP contribution in [0.5, 0.6) is 11.5 Å². The van der Waals surface area contributed by atoms with E-state index in [2.05, 4.69) is 15.9 Å². The molecule has 1 aromatic carbocycles. The zero-order valence-electron chi connectivity index (χ0n) is 9.23. The van der Waals surface area contributed by atoms with Crippen molar-refractivity contribution in [1.29, 1.82) is 0 Å². The Hall–Kier alpha value is -1.36. The van der Waals surface area contributed by atoms with Crippen LogP contribution >= 0.6 is 15.9 Å². The first kappa shape index (κ1) is 12.1. The number of hydrogen-bond acceptors (Lipinski definition) is 4. The Balaban J connectivity index is 2.55. The smallest absolute Gasteiger partial charge is 0.231 e. The third kappa shape index (κ3) is 2.07. The van der Waals surface area contributed by atoms with E-state index in [0.717, 1.165) is 18.1 Å². The van der Waals surface area contributed by atoms with Crippen LogP contribution in [0.1, 0.15) is 35.2 Å². The van der Waals surface area contributed by atoms with Crippen molar-refractivity contribution < 1.29 is 19.1 Å². The lowest BCUT2D eigenvalue weighted by molar-refractivity contribution is -0.108. The summed E-state index contributed by atoms with van der Waals surface area (Å²) >= 11 is 3.33. The largest absolute Gasteiger partial charge is 0.453 e. The molecule has 0 saturated heterocycles. The number of benzene rings is 1. The number of carbonyl (C=O) groups excluding carboxylic acids is 2. The minimum absolute atomic E-state index is 0.0277. The van der Waals surface area contributed by atoms with E-state index in [0.29, 0.717) is 28.0 Å². The van der Waals surface area contributed by atoms with Gasteiger partial charge in [0.15, 0.2) is 17.8 Å². The fourth-order valence-corrected chi connectivity index (χ4v) is 2.35. The van der Waals surface area contributed by atoms with E-state index >= 15 is 0 Å². The molecule has 0 fully saturated rings. The molecule has 1 aromatic rings. The normalized spacial score (nSPS) is 14.5. The predicted octanol–water partition coefficient (Wildman–Crippen LogP) is 2.68. The summed E-state index contributed by atoms with van der Waals surface area (Å²) in [7, 11) is 0. The lowest BCUT2D eigenvalue weighted by Gasteiger charge is -2.13. The summed E-state index contributed by atoms with van der Waals surface area (Å²) < 4.78 is 11.3. The first-order chi connectivity index (χ1) is 8.19. The lowest BCUT2D eigenvalue weighted by atomic mass is 9.96. The molecule has 1 heterocycles. The van der Waals surface area contributed by atoms with E-state index in [9.17, 15) is 9.59 Å². The molecule has 0 aliphatic carbocycles. The molecular weight excluding hydrogens is 288 g/mol. The summed E-state index contributed by atoms with van der Waals surface area (Å²) in [5.74, 6) is 1.06. The van der Waals surface area contributed by atoms with Crippen LogP contribution in [-0.2, 0) is 4.79 Å². The monoisotopic (exact) mass is 298 g/mol. The standard InChI is InChI=1S/C12H11BrO4/c1-7(2-3-14)8-4-10(13)9(5-15)12-11(8)16-6-17-12/h3-5,7H,2,6H2,1H3. The number of carbonyl (C=O) groups is 2. The summed E-state index contributed by atoms with van der Waals surface area (Å²) in [5.41, 5.74) is 1.32. The molecule has 90 valence electrons. The van der Waals surface area contributed by atoms with Gasteiger partial charge in [-0.25, -0.2) is 0 Å². The van der Waals surface area contributed by atoms with Gasteiger partial charge in [0.1, 0.15) is 6.29 Å². The van der Waals surface area contributed by atoms with Gasteiger partial charge in [0, 0.05) is 16.5 Å². The molecule has 2 rings (SSSR count). The van der Waals surface area contributed by atoms with Crippen molar-refractivity contribution in [3.05, 3.63) is 21.7 Å². The number of aldehydes is 2. The van der Waals surface area contributed by atoms with Crippen molar-refractivity contribution in [2.45, 2.75) is 19.3 Å². The van der Waals surface area contributed by atoms with Gasteiger partial charge >= 0.3 is 0 Å². The maximum Gasteiger partial charge on any atom is 0.231 e. The summed E-state index contributed by atoms with van der Waals surface area (Å²) in [5, 5.41) is 0. The lowest BCUT2D eigenvalue weighted by Crippen LogP contribution is -1.99. The molecule has 0 spiro atoms. The van der Waals surface area contributed by atoms with E-state index in [1.165, 1.54) is 0 Å². The fraction of sp³-hybridized carbons (Fsp3) is 0.333. The second-order valence-corrected chi connectivity index (χ2v) is 4.70. The van der Waals surface area contributed by atoms with E-state index in [1.807, 2.05) is 13.0 Å². The Morgan fingerprint density at radius 3 is 2.76 bits per heavy atom. The zero-order chi connectivity index (χ0) is 12.4. The molecule has 0 saturated carbocycles. The average Bonchev–Trinajstić information content (AvgIpc) is 2.77. The van der Waals surface area contributed by atoms with Crippen molar-refractivity contribution in [2.24, 2.45) is 0 Å². The van der Waals surface area contributed by atoms with Crippen LogP contribution in [0.3, 0.4) is 0 Å². The first-order valence-corrected chi connectivity index (χ1v) is 5.99.